The van der Waals surface area contributed by atoms with Gasteiger partial charge in [-0.3, -0.25) is 4.79 Å². The van der Waals surface area contributed by atoms with E-state index >= 15 is 0 Å². The first-order chi connectivity index (χ1) is 7.11. The van der Waals surface area contributed by atoms with Crippen molar-refractivity contribution < 1.29 is 9.53 Å². The van der Waals surface area contributed by atoms with E-state index in [-0.39, 0.29) is 11.9 Å². The summed E-state index contributed by atoms with van der Waals surface area (Å²) in [5, 5.41) is 2.99. The molecule has 0 aromatic carbocycles. The SMILES string of the molecule is CCOC1CC(NC(=O)CCC(C)N)C1. The van der Waals surface area contributed by atoms with Gasteiger partial charge in [-0.1, -0.05) is 0 Å². The molecule has 0 spiro atoms. The lowest BCUT2D eigenvalue weighted by Gasteiger charge is -2.35. The summed E-state index contributed by atoms with van der Waals surface area (Å²) < 4.78 is 5.42. The van der Waals surface area contributed by atoms with Gasteiger partial charge in [0.05, 0.1) is 6.10 Å². The molecule has 1 unspecified atom stereocenters. The van der Waals surface area contributed by atoms with Crippen molar-refractivity contribution in [1.82, 2.24) is 5.32 Å². The number of amides is 1. The highest BCUT2D eigenvalue weighted by molar-refractivity contribution is 5.76. The molecule has 0 aromatic rings. The van der Waals surface area contributed by atoms with E-state index in [1.807, 2.05) is 13.8 Å². The van der Waals surface area contributed by atoms with Crippen LogP contribution in [-0.4, -0.2) is 30.7 Å². The first kappa shape index (κ1) is 12.5. The third kappa shape index (κ3) is 4.62. The summed E-state index contributed by atoms with van der Waals surface area (Å²) >= 11 is 0. The van der Waals surface area contributed by atoms with Crippen molar-refractivity contribution in [1.29, 1.82) is 0 Å². The van der Waals surface area contributed by atoms with Gasteiger partial charge < -0.3 is 15.8 Å². The molecule has 3 N–H and O–H groups in total. The zero-order valence-corrected chi connectivity index (χ0v) is 9.66. The Kier molecular flexibility index (Phi) is 5.05. The molecule has 0 bridgehead atoms. The van der Waals surface area contributed by atoms with Crippen LogP contribution < -0.4 is 11.1 Å². The van der Waals surface area contributed by atoms with Crippen LogP contribution in [0.15, 0.2) is 0 Å². The van der Waals surface area contributed by atoms with Crippen molar-refractivity contribution in [3.63, 3.8) is 0 Å². The number of hydrogen-bond acceptors (Lipinski definition) is 3. The topological polar surface area (TPSA) is 64.3 Å². The van der Waals surface area contributed by atoms with Crippen molar-refractivity contribution in [3.05, 3.63) is 0 Å². The second kappa shape index (κ2) is 6.08. The van der Waals surface area contributed by atoms with Crippen LogP contribution in [0.3, 0.4) is 0 Å². The quantitative estimate of drug-likeness (QED) is 0.687. The lowest BCUT2D eigenvalue weighted by Crippen LogP contribution is -2.47. The van der Waals surface area contributed by atoms with E-state index in [1.165, 1.54) is 0 Å². The van der Waals surface area contributed by atoms with E-state index in [4.69, 9.17) is 10.5 Å². The number of ether oxygens (including phenoxy) is 1. The van der Waals surface area contributed by atoms with Gasteiger partial charge in [-0.15, -0.1) is 0 Å². The normalized spacial score (nSPS) is 26.9. The number of nitrogens with one attached hydrogen (secondary N) is 1. The summed E-state index contributed by atoms with van der Waals surface area (Å²) in [6.07, 6.45) is 3.56. The van der Waals surface area contributed by atoms with Gasteiger partial charge in [0.2, 0.25) is 5.91 Å². The Morgan fingerprint density at radius 3 is 2.80 bits per heavy atom. The van der Waals surface area contributed by atoms with E-state index in [2.05, 4.69) is 5.32 Å². The Labute approximate surface area is 91.5 Å². The highest BCUT2D eigenvalue weighted by Crippen LogP contribution is 2.23. The van der Waals surface area contributed by atoms with Gasteiger partial charge in [-0.2, -0.15) is 0 Å². The van der Waals surface area contributed by atoms with Crippen LogP contribution in [0.4, 0.5) is 0 Å². The van der Waals surface area contributed by atoms with E-state index < -0.39 is 0 Å². The maximum Gasteiger partial charge on any atom is 0.220 e. The molecule has 0 saturated heterocycles. The largest absolute Gasteiger partial charge is 0.378 e. The standard InChI is InChI=1S/C11H22N2O2/c1-3-15-10-6-9(7-10)13-11(14)5-4-8(2)12/h8-10H,3-7,12H2,1-2H3,(H,13,14). The van der Waals surface area contributed by atoms with Crippen molar-refractivity contribution in [2.45, 2.75) is 57.7 Å². The highest BCUT2D eigenvalue weighted by atomic mass is 16.5. The molecule has 1 saturated carbocycles. The maximum absolute atomic E-state index is 11.4. The molecule has 1 aliphatic carbocycles. The van der Waals surface area contributed by atoms with Crippen LogP contribution in [0.1, 0.15) is 39.5 Å². The fourth-order valence-corrected chi connectivity index (χ4v) is 1.71. The van der Waals surface area contributed by atoms with Gasteiger partial charge in [0.15, 0.2) is 0 Å². The predicted octanol–water partition coefficient (Wildman–Crippen LogP) is 0.797. The van der Waals surface area contributed by atoms with Crippen LogP contribution in [0, 0.1) is 0 Å². The molecule has 1 aliphatic rings. The molecule has 0 aromatic heterocycles. The Balaban J connectivity index is 2.03. The summed E-state index contributed by atoms with van der Waals surface area (Å²) in [7, 11) is 0. The average Bonchev–Trinajstić information content (AvgIpc) is 2.11. The van der Waals surface area contributed by atoms with E-state index in [1.54, 1.807) is 0 Å². The lowest BCUT2D eigenvalue weighted by molar-refractivity contribution is -0.123. The fourth-order valence-electron chi connectivity index (χ4n) is 1.71. The number of nitrogens with two attached hydrogens (primary N) is 1. The minimum atomic E-state index is 0.105. The zero-order chi connectivity index (χ0) is 11.3. The Morgan fingerprint density at radius 2 is 2.27 bits per heavy atom. The molecule has 1 fully saturated rings. The smallest absolute Gasteiger partial charge is 0.220 e. The Bertz CT molecular complexity index is 201. The number of hydrogen-bond donors (Lipinski definition) is 2. The van der Waals surface area contributed by atoms with Crippen LogP contribution in [0.25, 0.3) is 0 Å². The molecule has 0 radical (unpaired) electrons. The molecular weight excluding hydrogens is 192 g/mol. The van der Waals surface area contributed by atoms with Crippen molar-refractivity contribution in [2.24, 2.45) is 5.73 Å². The fraction of sp³-hybridized carbons (Fsp3) is 0.909. The van der Waals surface area contributed by atoms with Gasteiger partial charge in [0.25, 0.3) is 0 Å². The van der Waals surface area contributed by atoms with Crippen molar-refractivity contribution in [2.75, 3.05) is 6.61 Å². The Hall–Kier alpha value is -0.610. The second-order valence-corrected chi connectivity index (χ2v) is 4.33. The van der Waals surface area contributed by atoms with E-state index in [0.29, 0.717) is 18.6 Å². The number of carbonyl (C=O) groups excluding carboxylic acids is 1. The van der Waals surface area contributed by atoms with Crippen LogP contribution in [0.5, 0.6) is 0 Å². The van der Waals surface area contributed by atoms with Crippen LogP contribution in [0.2, 0.25) is 0 Å². The van der Waals surface area contributed by atoms with Crippen molar-refractivity contribution in [3.8, 4) is 0 Å². The highest BCUT2D eigenvalue weighted by Gasteiger charge is 2.30. The number of carbonyl (C=O) groups is 1. The molecule has 0 heterocycles. The molecule has 4 nitrogen and oxygen atoms in total. The maximum atomic E-state index is 11.4. The molecule has 88 valence electrons. The first-order valence-electron chi connectivity index (χ1n) is 5.78. The van der Waals surface area contributed by atoms with Gasteiger partial charge in [0.1, 0.15) is 0 Å². The summed E-state index contributed by atoms with van der Waals surface area (Å²) in [5.41, 5.74) is 5.58. The predicted molar refractivity (Wildman–Crippen MR) is 59.5 cm³/mol. The van der Waals surface area contributed by atoms with Gasteiger partial charge >= 0.3 is 0 Å². The second-order valence-electron chi connectivity index (χ2n) is 4.33. The minimum absolute atomic E-state index is 0.105. The van der Waals surface area contributed by atoms with Gasteiger partial charge in [0, 0.05) is 25.1 Å². The Morgan fingerprint density at radius 1 is 1.60 bits per heavy atom. The molecule has 15 heavy (non-hydrogen) atoms. The molecule has 1 amide bonds. The summed E-state index contributed by atoms with van der Waals surface area (Å²) in [6, 6.07) is 0.426. The van der Waals surface area contributed by atoms with Crippen molar-refractivity contribution >= 4 is 5.91 Å². The molecule has 1 rings (SSSR count). The van der Waals surface area contributed by atoms with E-state index in [0.717, 1.165) is 25.9 Å². The molecule has 4 heteroatoms. The summed E-state index contributed by atoms with van der Waals surface area (Å²) in [6.45, 7) is 4.67. The first-order valence-corrected chi connectivity index (χ1v) is 5.78. The molecular formula is C11H22N2O2. The average molecular weight is 214 g/mol. The van der Waals surface area contributed by atoms with Gasteiger partial charge in [-0.25, -0.2) is 0 Å². The summed E-state index contributed by atoms with van der Waals surface area (Å²) in [5.74, 6) is 0.118. The third-order valence-corrected chi connectivity index (χ3v) is 2.69. The molecule has 0 aliphatic heterocycles. The zero-order valence-electron chi connectivity index (χ0n) is 9.66. The lowest BCUT2D eigenvalue weighted by atomic mass is 9.89. The van der Waals surface area contributed by atoms with Crippen LogP contribution in [-0.2, 0) is 9.53 Å². The van der Waals surface area contributed by atoms with E-state index in [9.17, 15) is 4.79 Å². The molecule has 1 atom stereocenters. The minimum Gasteiger partial charge on any atom is -0.378 e. The van der Waals surface area contributed by atoms with Crippen LogP contribution >= 0.6 is 0 Å². The monoisotopic (exact) mass is 214 g/mol. The summed E-state index contributed by atoms with van der Waals surface area (Å²) in [4.78, 5) is 11.4. The number of rotatable bonds is 6. The third-order valence-electron chi connectivity index (χ3n) is 2.69. The van der Waals surface area contributed by atoms with Gasteiger partial charge in [-0.05, 0) is 33.1 Å².